The lowest BCUT2D eigenvalue weighted by Crippen LogP contribution is -2.31. The molecular weight excluding hydrogens is 338 g/mol. The van der Waals surface area contributed by atoms with Crippen LogP contribution in [-0.2, 0) is 4.79 Å². The number of carbonyl (C=O) groups excluding carboxylic acids is 1. The van der Waals surface area contributed by atoms with Crippen molar-refractivity contribution in [3.05, 3.63) is 42.7 Å². The van der Waals surface area contributed by atoms with E-state index in [0.717, 1.165) is 26.5 Å². The fraction of sp³-hybridized carbons (Fsp3) is 0.278. The summed E-state index contributed by atoms with van der Waals surface area (Å²) < 4.78 is 0. The van der Waals surface area contributed by atoms with E-state index in [2.05, 4.69) is 33.5 Å². The number of aromatic nitrogens is 2. The van der Waals surface area contributed by atoms with Crippen LogP contribution in [0.25, 0.3) is 20.7 Å². The van der Waals surface area contributed by atoms with Crippen molar-refractivity contribution in [3.63, 3.8) is 0 Å². The Morgan fingerprint density at radius 1 is 1.29 bits per heavy atom. The molecule has 1 N–H and O–H groups in total. The zero-order chi connectivity index (χ0) is 16.9. The highest BCUT2D eigenvalue weighted by molar-refractivity contribution is 8.00. The second kappa shape index (κ2) is 7.77. The van der Waals surface area contributed by atoms with E-state index in [0.29, 0.717) is 6.54 Å². The Bertz CT molecular complexity index is 833. The summed E-state index contributed by atoms with van der Waals surface area (Å²) in [4.78, 5) is 23.0. The van der Waals surface area contributed by atoms with Gasteiger partial charge in [0.15, 0.2) is 0 Å². The number of thiophene rings is 1. The summed E-state index contributed by atoms with van der Waals surface area (Å²) in [6, 6.07) is 12.4. The highest BCUT2D eigenvalue weighted by atomic mass is 32.2. The number of rotatable bonds is 6. The van der Waals surface area contributed by atoms with E-state index in [4.69, 9.17) is 0 Å². The van der Waals surface area contributed by atoms with Crippen LogP contribution in [0.4, 0.5) is 0 Å². The van der Waals surface area contributed by atoms with E-state index in [1.54, 1.807) is 17.7 Å². The van der Waals surface area contributed by atoms with Gasteiger partial charge in [-0.2, -0.15) is 0 Å². The molecule has 3 aromatic rings. The van der Waals surface area contributed by atoms with Crippen molar-refractivity contribution < 1.29 is 4.79 Å². The number of fused-ring (bicyclic) bond motifs is 1. The minimum Gasteiger partial charge on any atom is -0.355 e. The maximum absolute atomic E-state index is 12.1. The number of nitrogens with one attached hydrogen (secondary N) is 1. The maximum Gasteiger partial charge on any atom is 0.233 e. The average Bonchev–Trinajstić information content (AvgIpc) is 3.05. The van der Waals surface area contributed by atoms with Gasteiger partial charge in [-0.25, -0.2) is 9.97 Å². The van der Waals surface area contributed by atoms with Gasteiger partial charge in [-0.05, 0) is 25.0 Å². The molecule has 0 aliphatic heterocycles. The number of hydrogen-bond acceptors (Lipinski definition) is 5. The number of benzene rings is 1. The smallest absolute Gasteiger partial charge is 0.233 e. The second-order valence-electron chi connectivity index (χ2n) is 5.43. The van der Waals surface area contributed by atoms with Crippen molar-refractivity contribution in [1.29, 1.82) is 0 Å². The predicted molar refractivity (Wildman–Crippen MR) is 101 cm³/mol. The Balaban J connectivity index is 1.86. The third-order valence-corrected chi connectivity index (χ3v) is 5.77. The molecule has 24 heavy (non-hydrogen) atoms. The topological polar surface area (TPSA) is 54.9 Å². The van der Waals surface area contributed by atoms with Gasteiger partial charge in [-0.15, -0.1) is 11.3 Å². The molecular formula is C18H19N3OS2. The summed E-state index contributed by atoms with van der Waals surface area (Å²) in [5.74, 6) is 0.0483. The molecule has 0 saturated heterocycles. The molecule has 0 spiro atoms. The summed E-state index contributed by atoms with van der Waals surface area (Å²) in [5, 5.41) is 4.62. The molecule has 124 valence electrons. The molecule has 1 atom stereocenters. The van der Waals surface area contributed by atoms with Crippen molar-refractivity contribution in [2.24, 2.45) is 0 Å². The van der Waals surface area contributed by atoms with E-state index >= 15 is 0 Å². The molecule has 0 unspecified atom stereocenters. The SMILES string of the molecule is CCCNC(=O)[C@H](C)Sc1ncnc2sc(-c3ccccc3)cc12. The lowest BCUT2D eigenvalue weighted by Gasteiger charge is -2.11. The molecule has 0 aliphatic carbocycles. The van der Waals surface area contributed by atoms with Gasteiger partial charge in [0.1, 0.15) is 16.2 Å². The van der Waals surface area contributed by atoms with Crippen molar-refractivity contribution in [2.75, 3.05) is 6.54 Å². The first-order valence-corrected chi connectivity index (χ1v) is 9.63. The lowest BCUT2D eigenvalue weighted by molar-refractivity contribution is -0.120. The van der Waals surface area contributed by atoms with Crippen LogP contribution in [0.3, 0.4) is 0 Å². The number of nitrogens with zero attached hydrogens (tertiary/aromatic N) is 2. The summed E-state index contributed by atoms with van der Waals surface area (Å²) in [5.41, 5.74) is 1.17. The summed E-state index contributed by atoms with van der Waals surface area (Å²) >= 11 is 3.13. The third-order valence-electron chi connectivity index (χ3n) is 3.56. The van der Waals surface area contributed by atoms with Gasteiger partial charge in [0.05, 0.1) is 5.25 Å². The summed E-state index contributed by atoms with van der Waals surface area (Å²) in [7, 11) is 0. The monoisotopic (exact) mass is 357 g/mol. The molecule has 1 amide bonds. The number of carbonyl (C=O) groups is 1. The van der Waals surface area contributed by atoms with Gasteiger partial charge in [0, 0.05) is 16.8 Å². The minimum atomic E-state index is -0.185. The van der Waals surface area contributed by atoms with Crippen LogP contribution in [0, 0.1) is 0 Å². The van der Waals surface area contributed by atoms with Crippen molar-refractivity contribution >= 4 is 39.2 Å². The molecule has 2 heterocycles. The number of amides is 1. The van der Waals surface area contributed by atoms with Crippen LogP contribution >= 0.6 is 23.1 Å². The fourth-order valence-corrected chi connectivity index (χ4v) is 4.27. The Morgan fingerprint density at radius 2 is 2.08 bits per heavy atom. The normalized spacial score (nSPS) is 12.2. The Labute approximate surface area is 149 Å². The first-order chi connectivity index (χ1) is 11.7. The van der Waals surface area contributed by atoms with E-state index in [9.17, 15) is 4.79 Å². The Morgan fingerprint density at radius 3 is 2.83 bits per heavy atom. The van der Waals surface area contributed by atoms with E-state index in [1.165, 1.54) is 17.3 Å². The van der Waals surface area contributed by atoms with Crippen LogP contribution in [-0.4, -0.2) is 27.7 Å². The zero-order valence-electron chi connectivity index (χ0n) is 13.7. The summed E-state index contributed by atoms with van der Waals surface area (Å²) in [6.07, 6.45) is 2.51. The molecule has 6 heteroatoms. The molecule has 0 saturated carbocycles. The molecule has 1 aromatic carbocycles. The molecule has 0 radical (unpaired) electrons. The second-order valence-corrected chi connectivity index (χ2v) is 7.79. The molecule has 0 aliphatic rings. The van der Waals surface area contributed by atoms with Crippen molar-refractivity contribution in [1.82, 2.24) is 15.3 Å². The van der Waals surface area contributed by atoms with Gasteiger partial charge >= 0.3 is 0 Å². The molecule has 0 bridgehead atoms. The minimum absolute atomic E-state index is 0.0483. The van der Waals surface area contributed by atoms with Gasteiger partial charge in [0.25, 0.3) is 0 Å². The van der Waals surface area contributed by atoms with Crippen LogP contribution in [0.15, 0.2) is 47.8 Å². The van der Waals surface area contributed by atoms with Gasteiger partial charge in [-0.1, -0.05) is 49.0 Å². The molecule has 2 aromatic heterocycles. The first kappa shape index (κ1) is 16.9. The van der Waals surface area contributed by atoms with E-state index < -0.39 is 0 Å². The number of thioether (sulfide) groups is 1. The van der Waals surface area contributed by atoms with E-state index in [-0.39, 0.29) is 11.2 Å². The van der Waals surface area contributed by atoms with Crippen LogP contribution in [0.1, 0.15) is 20.3 Å². The number of hydrogen-bond donors (Lipinski definition) is 1. The lowest BCUT2D eigenvalue weighted by atomic mass is 10.2. The van der Waals surface area contributed by atoms with Gasteiger partial charge in [-0.3, -0.25) is 4.79 Å². The molecule has 0 fully saturated rings. The molecule has 4 nitrogen and oxygen atoms in total. The molecule has 3 rings (SSSR count). The standard InChI is InChI=1S/C18H19N3OS2/c1-3-9-19-16(22)12(2)23-17-14-10-15(13-7-5-4-6-8-13)24-18(14)21-11-20-17/h4-8,10-12H,3,9H2,1-2H3,(H,19,22)/t12-/m0/s1. The highest BCUT2D eigenvalue weighted by Gasteiger charge is 2.17. The summed E-state index contributed by atoms with van der Waals surface area (Å²) in [6.45, 7) is 4.66. The average molecular weight is 358 g/mol. The van der Waals surface area contributed by atoms with Crippen molar-refractivity contribution in [2.45, 2.75) is 30.5 Å². The van der Waals surface area contributed by atoms with Crippen LogP contribution < -0.4 is 5.32 Å². The third kappa shape index (κ3) is 3.76. The first-order valence-electron chi connectivity index (χ1n) is 7.93. The zero-order valence-corrected chi connectivity index (χ0v) is 15.3. The highest BCUT2D eigenvalue weighted by Crippen LogP contribution is 2.37. The maximum atomic E-state index is 12.1. The van der Waals surface area contributed by atoms with Crippen LogP contribution in [0.5, 0.6) is 0 Å². The van der Waals surface area contributed by atoms with Crippen LogP contribution in [0.2, 0.25) is 0 Å². The fourth-order valence-electron chi connectivity index (χ4n) is 2.29. The largest absolute Gasteiger partial charge is 0.355 e. The quantitative estimate of drug-likeness (QED) is 0.526. The van der Waals surface area contributed by atoms with Gasteiger partial charge < -0.3 is 5.32 Å². The Kier molecular flexibility index (Phi) is 5.48. The van der Waals surface area contributed by atoms with Gasteiger partial charge in [0.2, 0.25) is 5.91 Å². The predicted octanol–water partition coefficient (Wildman–Crippen LogP) is 4.37. The van der Waals surface area contributed by atoms with Crippen molar-refractivity contribution in [3.8, 4) is 10.4 Å². The van der Waals surface area contributed by atoms with E-state index in [1.807, 2.05) is 32.0 Å². The Hall–Kier alpha value is -1.92.